The van der Waals surface area contributed by atoms with E-state index in [0.717, 1.165) is 44.1 Å². The Labute approximate surface area is 293 Å². The van der Waals surface area contributed by atoms with Crippen LogP contribution in [0.25, 0.3) is 0 Å². The normalized spacial score (nSPS) is 23.6. The number of β-lactam (4-membered cyclic amide) rings is 1. The van der Waals surface area contributed by atoms with E-state index in [4.69, 9.17) is 14.2 Å². The Morgan fingerprint density at radius 3 is 2.57 bits per heavy atom. The maximum atomic E-state index is 13.1. The highest BCUT2D eigenvalue weighted by molar-refractivity contribution is 8.03. The number of aliphatic hydroxyl groups is 1. The first-order chi connectivity index (χ1) is 23.5. The molecule has 3 aliphatic rings. The van der Waals surface area contributed by atoms with Crippen molar-refractivity contribution in [3.05, 3.63) is 34.4 Å². The summed E-state index contributed by atoms with van der Waals surface area (Å²) in [6, 6.07) is 5.19. The number of carboxylic acids is 1. The predicted octanol–water partition coefficient (Wildman–Crippen LogP) is 2.41. The lowest BCUT2D eigenvalue weighted by molar-refractivity contribution is -0.163. The van der Waals surface area contributed by atoms with Crippen LogP contribution in [-0.2, 0) is 30.3 Å². The number of hydrogen-bond acceptors (Lipinski definition) is 10. The summed E-state index contributed by atoms with van der Waals surface area (Å²) >= 11 is 1.43. The number of methoxy groups -OCH3 is 2. The van der Waals surface area contributed by atoms with Crippen molar-refractivity contribution in [2.75, 3.05) is 54.1 Å². The highest BCUT2D eigenvalue weighted by atomic mass is 32.2. The molecule has 0 saturated carbocycles. The molecule has 0 aromatic heterocycles. The number of ether oxygens (including phenoxy) is 3. The van der Waals surface area contributed by atoms with Gasteiger partial charge in [-0.15, -0.1) is 11.8 Å². The summed E-state index contributed by atoms with van der Waals surface area (Å²) < 4.78 is 16.1. The minimum atomic E-state index is -1.14. The maximum Gasteiger partial charge on any atom is 0.353 e. The van der Waals surface area contributed by atoms with Crippen molar-refractivity contribution in [3.63, 3.8) is 0 Å². The number of amides is 3. The Kier molecular flexibility index (Phi) is 14.2. The van der Waals surface area contributed by atoms with Crippen LogP contribution in [0, 0.1) is 11.8 Å². The number of thioether (sulfide) groups is 1. The van der Waals surface area contributed by atoms with E-state index in [9.17, 15) is 29.4 Å². The fourth-order valence-corrected chi connectivity index (χ4v) is 8.36. The average Bonchev–Trinajstić information content (AvgIpc) is 3.64. The summed E-state index contributed by atoms with van der Waals surface area (Å²) in [6.45, 7) is 5.72. The second-order valence-corrected chi connectivity index (χ2v) is 14.4. The molecular weight excluding hydrogens is 652 g/mol. The Balaban J connectivity index is 1.05. The molecule has 1 aromatic rings. The summed E-state index contributed by atoms with van der Waals surface area (Å²) in [6.07, 6.45) is 4.85. The molecule has 1 aromatic carbocycles. The third kappa shape index (κ3) is 9.47. The number of aliphatic carboxylic acids is 1. The molecule has 4 rings (SSSR count). The van der Waals surface area contributed by atoms with Crippen molar-refractivity contribution in [2.45, 2.75) is 82.2 Å². The number of aryl methyl sites for hydroxylation is 1. The molecule has 3 heterocycles. The van der Waals surface area contributed by atoms with Gasteiger partial charge in [0.15, 0.2) is 11.5 Å². The van der Waals surface area contributed by atoms with Crippen molar-refractivity contribution in [1.29, 1.82) is 0 Å². The van der Waals surface area contributed by atoms with Gasteiger partial charge in [-0.25, -0.2) is 4.79 Å². The van der Waals surface area contributed by atoms with E-state index in [2.05, 4.69) is 10.6 Å². The van der Waals surface area contributed by atoms with Crippen molar-refractivity contribution in [2.24, 2.45) is 11.8 Å². The molecule has 6 atom stereocenters. The molecule has 0 spiro atoms. The zero-order valence-electron chi connectivity index (χ0n) is 29.2. The largest absolute Gasteiger partial charge is 0.493 e. The van der Waals surface area contributed by atoms with Crippen LogP contribution in [0.2, 0.25) is 0 Å². The van der Waals surface area contributed by atoms with Crippen molar-refractivity contribution >= 4 is 35.5 Å². The Morgan fingerprint density at radius 1 is 1.12 bits per heavy atom. The van der Waals surface area contributed by atoms with Gasteiger partial charge in [-0.3, -0.25) is 14.4 Å². The summed E-state index contributed by atoms with van der Waals surface area (Å²) in [4.78, 5) is 53.7. The lowest BCUT2D eigenvalue weighted by atomic mass is 9.79. The van der Waals surface area contributed by atoms with Gasteiger partial charge in [0, 0.05) is 49.4 Å². The smallest absolute Gasteiger partial charge is 0.353 e. The molecule has 49 heavy (non-hydrogen) atoms. The Hall–Kier alpha value is -3.33. The number of rotatable bonds is 20. The third-order valence-electron chi connectivity index (χ3n) is 9.55. The fourth-order valence-electron chi connectivity index (χ4n) is 6.88. The van der Waals surface area contributed by atoms with Gasteiger partial charge in [0.05, 0.1) is 38.3 Å². The van der Waals surface area contributed by atoms with E-state index >= 15 is 0 Å². The standard InChI is InChI=1S/C35H52N4O9S/c1-21-30-29(22(2)40)34(43)39(30)31(35(44)45)32(21)49-24-18-25(37-19-24)33(42)38(3)15-9-6-8-14-36-28(41)20-48-16-10-7-11-23-12-13-26(46-4)27(17-23)47-5/h12-13,17,21-22,24-25,29-30,37,40H,6-11,14-16,18-20H2,1-5H3,(H,36,41)(H,44,45)/t21-,22-,24+,25+,29-,30?/m1/s1. The van der Waals surface area contributed by atoms with Crippen LogP contribution in [0.3, 0.4) is 0 Å². The highest BCUT2D eigenvalue weighted by Crippen LogP contribution is 2.51. The van der Waals surface area contributed by atoms with E-state index in [1.54, 1.807) is 33.1 Å². The summed E-state index contributed by atoms with van der Waals surface area (Å²) in [5, 5.41) is 26.1. The number of carbonyl (C=O) groups excluding carboxylic acids is 3. The second-order valence-electron chi connectivity index (χ2n) is 13.1. The number of carbonyl (C=O) groups is 4. The predicted molar refractivity (Wildman–Crippen MR) is 185 cm³/mol. The zero-order chi connectivity index (χ0) is 35.7. The minimum absolute atomic E-state index is 0.00245. The first-order valence-electron chi connectivity index (χ1n) is 17.2. The first-order valence-corrected chi connectivity index (χ1v) is 18.0. The quantitative estimate of drug-likeness (QED) is 0.116. The molecule has 1 unspecified atom stereocenters. The van der Waals surface area contributed by atoms with Crippen LogP contribution in [0.4, 0.5) is 0 Å². The number of unbranched alkanes of at least 4 members (excludes halogenated alkanes) is 3. The Morgan fingerprint density at radius 2 is 1.88 bits per heavy atom. The molecule has 14 heteroatoms. The van der Waals surface area contributed by atoms with Crippen LogP contribution in [-0.4, -0.2) is 121 Å². The number of benzene rings is 1. The summed E-state index contributed by atoms with van der Waals surface area (Å²) in [7, 11) is 5.02. The molecule has 0 radical (unpaired) electrons. The van der Waals surface area contributed by atoms with Crippen LogP contribution < -0.4 is 20.1 Å². The molecule has 4 N–H and O–H groups in total. The second kappa shape index (κ2) is 18.1. The number of carboxylic acid groups (broad SMARTS) is 1. The van der Waals surface area contributed by atoms with Gasteiger partial charge in [-0.05, 0) is 69.6 Å². The summed E-state index contributed by atoms with van der Waals surface area (Å²) in [5.74, 6) is -1.00. The monoisotopic (exact) mass is 704 g/mol. The van der Waals surface area contributed by atoms with Crippen LogP contribution >= 0.6 is 11.8 Å². The number of nitrogens with one attached hydrogen (secondary N) is 2. The maximum absolute atomic E-state index is 13.1. The summed E-state index contributed by atoms with van der Waals surface area (Å²) in [5.41, 5.74) is 1.17. The number of fused-ring (bicyclic) bond motifs is 1. The van der Waals surface area contributed by atoms with Gasteiger partial charge >= 0.3 is 5.97 Å². The molecule has 272 valence electrons. The van der Waals surface area contributed by atoms with Crippen molar-refractivity contribution < 1.29 is 43.6 Å². The number of likely N-dealkylation sites (N-methyl/N-ethyl adjacent to an activating group) is 1. The van der Waals surface area contributed by atoms with Gasteiger partial charge in [0.25, 0.3) is 0 Å². The van der Waals surface area contributed by atoms with Crippen molar-refractivity contribution in [1.82, 2.24) is 20.4 Å². The van der Waals surface area contributed by atoms with Gasteiger partial charge in [-0.2, -0.15) is 0 Å². The molecular formula is C35H52N4O9S. The lowest BCUT2D eigenvalue weighted by Gasteiger charge is -2.46. The van der Waals surface area contributed by atoms with Gasteiger partial charge in [-0.1, -0.05) is 13.0 Å². The van der Waals surface area contributed by atoms with Gasteiger partial charge in [0.2, 0.25) is 17.7 Å². The van der Waals surface area contributed by atoms with E-state index in [0.29, 0.717) is 49.1 Å². The van der Waals surface area contributed by atoms with E-state index in [-0.39, 0.29) is 53.3 Å². The molecule has 0 bridgehead atoms. The van der Waals surface area contributed by atoms with E-state index < -0.39 is 18.0 Å². The SMILES string of the molecule is COc1ccc(CCCCOCC(=O)NCCCCCN(C)C(=O)[C@@H]2C[C@H](SC3=C(C(=O)O)N4C(=O)[C@H]([C@@H](C)O)C4[C@H]3C)CN2)cc1OC. The van der Waals surface area contributed by atoms with E-state index in [1.165, 1.54) is 16.7 Å². The molecule has 0 aliphatic carbocycles. The Bertz CT molecular complexity index is 1370. The molecule has 3 aliphatic heterocycles. The number of aliphatic hydroxyl groups excluding tert-OH is 1. The minimum Gasteiger partial charge on any atom is -0.493 e. The average molecular weight is 705 g/mol. The fraction of sp³-hybridized carbons (Fsp3) is 0.657. The molecule has 2 fully saturated rings. The third-order valence-corrected chi connectivity index (χ3v) is 11.1. The van der Waals surface area contributed by atoms with Crippen molar-refractivity contribution in [3.8, 4) is 11.5 Å². The van der Waals surface area contributed by atoms with Crippen LogP contribution in [0.1, 0.15) is 57.9 Å². The van der Waals surface area contributed by atoms with Crippen LogP contribution in [0.5, 0.6) is 11.5 Å². The van der Waals surface area contributed by atoms with Gasteiger partial charge in [0.1, 0.15) is 12.3 Å². The van der Waals surface area contributed by atoms with Crippen LogP contribution in [0.15, 0.2) is 28.8 Å². The first kappa shape index (κ1) is 38.5. The highest BCUT2D eigenvalue weighted by Gasteiger charge is 2.60. The topological polar surface area (TPSA) is 167 Å². The molecule has 2 saturated heterocycles. The van der Waals surface area contributed by atoms with E-state index in [1.807, 2.05) is 25.1 Å². The number of hydrogen-bond donors (Lipinski definition) is 4. The zero-order valence-corrected chi connectivity index (χ0v) is 30.1. The van der Waals surface area contributed by atoms with Gasteiger partial charge < -0.3 is 44.9 Å². The lowest BCUT2D eigenvalue weighted by Crippen LogP contribution is -2.63. The molecule has 3 amide bonds. The number of nitrogens with zero attached hydrogens (tertiary/aromatic N) is 2. The molecule has 13 nitrogen and oxygen atoms in total.